The van der Waals surface area contributed by atoms with Crippen LogP contribution in [0.2, 0.25) is 0 Å². The number of carbonyl (C=O) groups excluding carboxylic acids is 1. The molecule has 1 amide bonds. The van der Waals surface area contributed by atoms with Crippen molar-refractivity contribution in [1.29, 1.82) is 0 Å². The van der Waals surface area contributed by atoms with Gasteiger partial charge in [0.05, 0.1) is 5.69 Å². The lowest BCUT2D eigenvalue weighted by molar-refractivity contribution is -0.118. The molecule has 2 rings (SSSR count). The first-order chi connectivity index (χ1) is 11.6. The van der Waals surface area contributed by atoms with Crippen molar-refractivity contribution in [3.8, 4) is 5.75 Å². The zero-order chi connectivity index (χ0) is 18.8. The topological polar surface area (TPSA) is 38.3 Å². The van der Waals surface area contributed by atoms with Gasteiger partial charge in [-0.05, 0) is 76.1 Å². The van der Waals surface area contributed by atoms with Crippen LogP contribution in [-0.2, 0) is 10.2 Å². The third-order valence-electron chi connectivity index (χ3n) is 3.88. The van der Waals surface area contributed by atoms with Crippen LogP contribution in [0.15, 0.2) is 39.3 Å². The van der Waals surface area contributed by atoms with Crippen molar-refractivity contribution in [3.63, 3.8) is 0 Å². The normalized spacial score (nSPS) is 11.3. The van der Waals surface area contributed by atoms with E-state index in [0.717, 1.165) is 31.5 Å². The van der Waals surface area contributed by atoms with Crippen LogP contribution in [0, 0.1) is 13.8 Å². The van der Waals surface area contributed by atoms with E-state index in [9.17, 15) is 4.79 Å². The van der Waals surface area contributed by atoms with Gasteiger partial charge < -0.3 is 10.1 Å². The number of hydrogen-bond donors (Lipinski definition) is 1. The average Bonchev–Trinajstić information content (AvgIpc) is 2.47. The number of rotatable bonds is 4. The number of hydrogen-bond acceptors (Lipinski definition) is 2. The molecule has 0 heterocycles. The highest BCUT2D eigenvalue weighted by Crippen LogP contribution is 2.30. The van der Waals surface area contributed by atoms with Crippen LogP contribution in [0.1, 0.15) is 37.5 Å². The minimum Gasteiger partial charge on any atom is -0.483 e. The molecule has 25 heavy (non-hydrogen) atoms. The van der Waals surface area contributed by atoms with E-state index in [1.165, 1.54) is 5.56 Å². The highest BCUT2D eigenvalue weighted by Gasteiger charge is 2.16. The van der Waals surface area contributed by atoms with Crippen molar-refractivity contribution in [1.82, 2.24) is 0 Å². The number of aryl methyl sites for hydroxylation is 2. The summed E-state index contributed by atoms with van der Waals surface area (Å²) in [6.45, 7) is 10.4. The molecule has 0 aliphatic rings. The lowest BCUT2D eigenvalue weighted by Gasteiger charge is -2.20. The van der Waals surface area contributed by atoms with Crippen molar-refractivity contribution in [2.75, 3.05) is 11.9 Å². The lowest BCUT2D eigenvalue weighted by atomic mass is 9.87. The van der Waals surface area contributed by atoms with Crippen molar-refractivity contribution < 1.29 is 9.53 Å². The summed E-state index contributed by atoms with van der Waals surface area (Å²) in [6, 6.07) is 9.94. The van der Waals surface area contributed by atoms with Crippen molar-refractivity contribution in [2.24, 2.45) is 0 Å². The van der Waals surface area contributed by atoms with E-state index >= 15 is 0 Å². The van der Waals surface area contributed by atoms with Crippen LogP contribution in [0.25, 0.3) is 0 Å². The molecule has 1 N–H and O–H groups in total. The number of ether oxygens (including phenoxy) is 1. The van der Waals surface area contributed by atoms with Gasteiger partial charge in [0, 0.05) is 8.95 Å². The number of carbonyl (C=O) groups is 1. The summed E-state index contributed by atoms with van der Waals surface area (Å²) in [5.41, 5.74) is 4.00. The molecule has 0 aromatic heterocycles. The maximum absolute atomic E-state index is 12.2. The molecule has 2 aromatic rings. The van der Waals surface area contributed by atoms with E-state index in [2.05, 4.69) is 57.9 Å². The quantitative estimate of drug-likeness (QED) is 0.584. The van der Waals surface area contributed by atoms with Gasteiger partial charge in [0.1, 0.15) is 5.75 Å². The van der Waals surface area contributed by atoms with Gasteiger partial charge >= 0.3 is 0 Å². The third-order valence-corrected chi connectivity index (χ3v) is 5.00. The monoisotopic (exact) mass is 467 g/mol. The summed E-state index contributed by atoms with van der Waals surface area (Å²) >= 11 is 6.99. The van der Waals surface area contributed by atoms with Crippen LogP contribution in [0.3, 0.4) is 0 Å². The van der Waals surface area contributed by atoms with E-state index in [-0.39, 0.29) is 17.9 Å². The van der Waals surface area contributed by atoms with Crippen LogP contribution >= 0.6 is 31.9 Å². The lowest BCUT2D eigenvalue weighted by Crippen LogP contribution is -2.21. The second-order valence-corrected chi connectivity index (χ2v) is 8.92. The average molecular weight is 469 g/mol. The molecular formula is C20H23Br2NO2. The second-order valence-electron chi connectivity index (χ2n) is 7.15. The summed E-state index contributed by atoms with van der Waals surface area (Å²) in [6.07, 6.45) is 0. The Bertz CT molecular complexity index is 772. The highest BCUT2D eigenvalue weighted by molar-refractivity contribution is 9.10. The van der Waals surface area contributed by atoms with Crippen LogP contribution in [0.5, 0.6) is 5.75 Å². The maximum atomic E-state index is 12.2. The van der Waals surface area contributed by atoms with Crippen molar-refractivity contribution in [3.05, 3.63) is 56.0 Å². The maximum Gasteiger partial charge on any atom is 0.262 e. The van der Waals surface area contributed by atoms with Gasteiger partial charge in [0.15, 0.2) is 6.61 Å². The first kappa shape index (κ1) is 20.0. The van der Waals surface area contributed by atoms with Gasteiger partial charge in [0.25, 0.3) is 5.91 Å². The van der Waals surface area contributed by atoms with Gasteiger partial charge in [0.2, 0.25) is 0 Å². The Balaban J connectivity index is 2.04. The Kier molecular flexibility index (Phi) is 6.33. The molecule has 134 valence electrons. The minimum absolute atomic E-state index is 0.0310. The predicted octanol–water partition coefficient (Wildman–Crippen LogP) is 6.14. The standard InChI is InChI=1S/C20H23Br2NO2/c1-12-8-15(21)9-13(2)19(12)25-11-18(24)23-17-7-6-14(10-16(17)22)20(3,4)5/h6-10H,11H2,1-5H3,(H,23,24). The minimum atomic E-state index is -0.189. The second kappa shape index (κ2) is 7.92. The molecule has 0 radical (unpaired) electrons. The fourth-order valence-corrected chi connectivity index (χ4v) is 3.70. The zero-order valence-corrected chi connectivity index (χ0v) is 18.3. The smallest absolute Gasteiger partial charge is 0.262 e. The molecule has 0 bridgehead atoms. The molecule has 0 saturated heterocycles. The zero-order valence-electron chi connectivity index (χ0n) is 15.2. The van der Waals surface area contributed by atoms with Crippen LogP contribution in [0.4, 0.5) is 5.69 Å². The molecule has 0 saturated carbocycles. The largest absolute Gasteiger partial charge is 0.483 e. The summed E-state index contributed by atoms with van der Waals surface area (Å²) in [4.78, 5) is 12.2. The van der Waals surface area contributed by atoms with Gasteiger partial charge in [-0.3, -0.25) is 4.79 Å². The Morgan fingerprint density at radius 1 is 1.08 bits per heavy atom. The molecule has 0 spiro atoms. The number of halogens is 2. The van der Waals surface area contributed by atoms with E-state index in [4.69, 9.17) is 4.74 Å². The molecule has 3 nitrogen and oxygen atoms in total. The van der Waals surface area contributed by atoms with Gasteiger partial charge in [-0.25, -0.2) is 0 Å². The predicted molar refractivity (Wildman–Crippen MR) is 111 cm³/mol. The van der Waals surface area contributed by atoms with Crippen molar-refractivity contribution in [2.45, 2.75) is 40.0 Å². The number of nitrogens with one attached hydrogen (secondary N) is 1. The Morgan fingerprint density at radius 2 is 1.68 bits per heavy atom. The molecular weight excluding hydrogens is 446 g/mol. The molecule has 0 aliphatic heterocycles. The molecule has 0 atom stereocenters. The van der Waals surface area contributed by atoms with Crippen molar-refractivity contribution >= 4 is 43.5 Å². The summed E-state index contributed by atoms with van der Waals surface area (Å²) in [5, 5.41) is 2.89. The molecule has 2 aromatic carbocycles. The van der Waals surface area contributed by atoms with Crippen LogP contribution in [-0.4, -0.2) is 12.5 Å². The molecule has 0 aliphatic carbocycles. The molecule has 0 unspecified atom stereocenters. The third kappa shape index (κ3) is 5.32. The Morgan fingerprint density at radius 3 is 2.20 bits per heavy atom. The summed E-state index contributed by atoms with van der Waals surface area (Å²) < 4.78 is 7.59. The number of amides is 1. The fourth-order valence-electron chi connectivity index (χ4n) is 2.53. The summed E-state index contributed by atoms with van der Waals surface area (Å²) in [5.74, 6) is 0.562. The van der Waals surface area contributed by atoms with E-state index in [1.807, 2.05) is 44.2 Å². The molecule has 0 fully saturated rings. The summed E-state index contributed by atoms with van der Waals surface area (Å²) in [7, 11) is 0. The van der Waals surface area contributed by atoms with Gasteiger partial charge in [-0.1, -0.05) is 42.8 Å². The fraction of sp³-hybridized carbons (Fsp3) is 0.350. The van der Waals surface area contributed by atoms with E-state index < -0.39 is 0 Å². The Labute approximate surface area is 166 Å². The highest BCUT2D eigenvalue weighted by atomic mass is 79.9. The van der Waals surface area contributed by atoms with Crippen LogP contribution < -0.4 is 10.1 Å². The van der Waals surface area contributed by atoms with Gasteiger partial charge in [-0.15, -0.1) is 0 Å². The first-order valence-electron chi connectivity index (χ1n) is 8.07. The number of anilines is 1. The molecule has 5 heteroatoms. The first-order valence-corrected chi connectivity index (χ1v) is 9.66. The number of benzene rings is 2. The van der Waals surface area contributed by atoms with Gasteiger partial charge in [-0.2, -0.15) is 0 Å². The van der Waals surface area contributed by atoms with E-state index in [1.54, 1.807) is 0 Å². The van der Waals surface area contributed by atoms with E-state index in [0.29, 0.717) is 0 Å². The SMILES string of the molecule is Cc1cc(Br)cc(C)c1OCC(=O)Nc1ccc(C(C)(C)C)cc1Br. The Hall–Kier alpha value is -1.33.